The third-order valence-electron chi connectivity index (χ3n) is 2.66. The first-order valence-electron chi connectivity index (χ1n) is 5.72. The number of rotatable bonds is 4. The summed E-state index contributed by atoms with van der Waals surface area (Å²) in [5.74, 6) is 0.765. The van der Waals surface area contributed by atoms with Gasteiger partial charge in [0.1, 0.15) is 11.6 Å². The molecule has 0 amide bonds. The maximum absolute atomic E-state index is 13.2. The highest BCUT2D eigenvalue weighted by molar-refractivity contribution is 5.75. The predicted molar refractivity (Wildman–Crippen MR) is 64.9 cm³/mol. The van der Waals surface area contributed by atoms with Crippen molar-refractivity contribution in [2.75, 3.05) is 5.73 Å². The molecule has 2 rings (SSSR count). The molecule has 1 aromatic heterocycles. The second-order valence-corrected chi connectivity index (χ2v) is 3.98. The lowest BCUT2D eigenvalue weighted by Gasteiger charge is -2.02. The monoisotopic (exact) mass is 234 g/mol. The number of benzene rings is 1. The predicted octanol–water partition coefficient (Wildman–Crippen LogP) is 3.41. The second kappa shape index (κ2) is 4.99. The Kier molecular flexibility index (Phi) is 3.42. The van der Waals surface area contributed by atoms with E-state index in [1.807, 2.05) is 0 Å². The molecule has 1 heterocycles. The number of aryl methyl sites for hydroxylation is 1. The molecule has 2 aromatic rings. The summed E-state index contributed by atoms with van der Waals surface area (Å²) in [6.45, 7) is 2.10. The van der Waals surface area contributed by atoms with Crippen molar-refractivity contribution in [2.45, 2.75) is 26.2 Å². The largest absolute Gasteiger partial charge is 0.380 e. The Hall–Kier alpha value is -1.84. The van der Waals surface area contributed by atoms with Crippen LogP contribution < -0.4 is 5.73 Å². The first-order valence-corrected chi connectivity index (χ1v) is 5.72. The van der Waals surface area contributed by atoms with Crippen LogP contribution in [0.4, 0.5) is 10.2 Å². The second-order valence-electron chi connectivity index (χ2n) is 3.98. The van der Waals surface area contributed by atoms with E-state index in [0.717, 1.165) is 36.1 Å². The third kappa shape index (κ3) is 2.46. The molecular formula is C13H15FN2O. The van der Waals surface area contributed by atoms with Crippen LogP contribution in [0.25, 0.3) is 11.1 Å². The molecular weight excluding hydrogens is 219 g/mol. The molecule has 0 aliphatic rings. The van der Waals surface area contributed by atoms with Gasteiger partial charge in [-0.05, 0) is 24.1 Å². The number of unbranched alkanes of at least 4 members (excludes halogenated alkanes) is 1. The number of nitrogens with two attached hydrogens (primary N) is 1. The summed E-state index contributed by atoms with van der Waals surface area (Å²) in [6.07, 6.45) is 2.83. The van der Waals surface area contributed by atoms with E-state index in [9.17, 15) is 4.39 Å². The summed E-state index contributed by atoms with van der Waals surface area (Å²) in [4.78, 5) is 0. The molecule has 3 nitrogen and oxygen atoms in total. The van der Waals surface area contributed by atoms with Crippen LogP contribution in [0.3, 0.4) is 0 Å². The van der Waals surface area contributed by atoms with Crippen molar-refractivity contribution < 1.29 is 8.91 Å². The normalized spacial score (nSPS) is 10.7. The van der Waals surface area contributed by atoms with Crippen LogP contribution in [0, 0.1) is 5.82 Å². The van der Waals surface area contributed by atoms with Crippen LogP contribution >= 0.6 is 0 Å². The molecule has 90 valence electrons. The Morgan fingerprint density at radius 3 is 2.94 bits per heavy atom. The molecule has 2 N–H and O–H groups in total. The minimum Gasteiger partial charge on any atom is -0.380 e. The number of aromatic nitrogens is 1. The molecule has 4 heteroatoms. The summed E-state index contributed by atoms with van der Waals surface area (Å²) < 4.78 is 18.4. The molecule has 0 aliphatic heterocycles. The van der Waals surface area contributed by atoms with E-state index in [2.05, 4.69) is 12.1 Å². The van der Waals surface area contributed by atoms with Crippen molar-refractivity contribution in [1.82, 2.24) is 5.16 Å². The zero-order valence-electron chi connectivity index (χ0n) is 9.74. The quantitative estimate of drug-likeness (QED) is 0.882. The average Bonchev–Trinajstić information content (AvgIpc) is 2.68. The molecule has 0 saturated heterocycles. The van der Waals surface area contributed by atoms with Crippen LogP contribution in [0.5, 0.6) is 0 Å². The lowest BCUT2D eigenvalue weighted by molar-refractivity contribution is 0.383. The highest BCUT2D eigenvalue weighted by Crippen LogP contribution is 2.30. The fourth-order valence-corrected chi connectivity index (χ4v) is 1.80. The van der Waals surface area contributed by atoms with E-state index in [-0.39, 0.29) is 5.82 Å². The number of hydrogen-bond acceptors (Lipinski definition) is 3. The first kappa shape index (κ1) is 11.6. The van der Waals surface area contributed by atoms with E-state index in [4.69, 9.17) is 10.3 Å². The zero-order valence-corrected chi connectivity index (χ0v) is 9.74. The van der Waals surface area contributed by atoms with Crippen molar-refractivity contribution in [3.05, 3.63) is 35.8 Å². The van der Waals surface area contributed by atoms with Gasteiger partial charge >= 0.3 is 0 Å². The number of hydrogen-bond donors (Lipinski definition) is 1. The first-order chi connectivity index (χ1) is 8.22. The Balaban J connectivity index is 2.39. The van der Waals surface area contributed by atoms with Gasteiger partial charge in [0.15, 0.2) is 5.82 Å². The highest BCUT2D eigenvalue weighted by Gasteiger charge is 2.15. The van der Waals surface area contributed by atoms with Crippen LogP contribution in [-0.4, -0.2) is 5.16 Å². The van der Waals surface area contributed by atoms with Crippen LogP contribution in [0.1, 0.15) is 25.5 Å². The Morgan fingerprint density at radius 2 is 2.24 bits per heavy atom. The van der Waals surface area contributed by atoms with Crippen molar-refractivity contribution in [2.24, 2.45) is 0 Å². The molecule has 0 fully saturated rings. The van der Waals surface area contributed by atoms with E-state index in [1.54, 1.807) is 12.1 Å². The van der Waals surface area contributed by atoms with Crippen molar-refractivity contribution >= 4 is 5.82 Å². The van der Waals surface area contributed by atoms with Crippen molar-refractivity contribution in [3.8, 4) is 11.1 Å². The fourth-order valence-electron chi connectivity index (χ4n) is 1.80. The summed E-state index contributed by atoms with van der Waals surface area (Å²) in [5.41, 5.74) is 7.21. The van der Waals surface area contributed by atoms with Gasteiger partial charge in [-0.2, -0.15) is 0 Å². The molecule has 0 radical (unpaired) electrons. The van der Waals surface area contributed by atoms with Gasteiger partial charge in [0.05, 0.1) is 5.56 Å². The zero-order chi connectivity index (χ0) is 12.3. The Labute approximate surface area is 99.4 Å². The van der Waals surface area contributed by atoms with E-state index in [0.29, 0.717) is 5.82 Å². The Bertz CT molecular complexity index is 508. The van der Waals surface area contributed by atoms with Crippen LogP contribution in [0.15, 0.2) is 28.8 Å². The molecule has 0 saturated carbocycles. The molecule has 0 bridgehead atoms. The minimum atomic E-state index is -0.287. The number of anilines is 1. The SMILES string of the molecule is CCCCc1onc(N)c1-c1cccc(F)c1. The van der Waals surface area contributed by atoms with Gasteiger partial charge in [-0.15, -0.1) is 0 Å². The van der Waals surface area contributed by atoms with Gasteiger partial charge in [0.25, 0.3) is 0 Å². The summed E-state index contributed by atoms with van der Waals surface area (Å²) >= 11 is 0. The van der Waals surface area contributed by atoms with E-state index < -0.39 is 0 Å². The molecule has 0 aliphatic carbocycles. The van der Waals surface area contributed by atoms with E-state index >= 15 is 0 Å². The van der Waals surface area contributed by atoms with Gasteiger partial charge in [-0.1, -0.05) is 30.6 Å². The topological polar surface area (TPSA) is 52.0 Å². The number of nitrogen functional groups attached to an aromatic ring is 1. The molecule has 1 aromatic carbocycles. The standard InChI is InChI=1S/C13H15FN2O/c1-2-3-7-11-12(13(15)16-17-11)9-5-4-6-10(14)8-9/h4-6,8H,2-3,7H2,1H3,(H2,15,16). The maximum Gasteiger partial charge on any atom is 0.175 e. The van der Waals surface area contributed by atoms with Crippen LogP contribution in [0.2, 0.25) is 0 Å². The lowest BCUT2D eigenvalue weighted by atomic mass is 10.0. The van der Waals surface area contributed by atoms with Gasteiger partial charge in [0, 0.05) is 6.42 Å². The molecule has 0 unspecified atom stereocenters. The number of halogens is 1. The lowest BCUT2D eigenvalue weighted by Crippen LogP contribution is -1.91. The maximum atomic E-state index is 13.2. The molecule has 0 atom stereocenters. The van der Waals surface area contributed by atoms with Gasteiger partial charge in [-0.25, -0.2) is 4.39 Å². The average molecular weight is 234 g/mol. The summed E-state index contributed by atoms with van der Waals surface area (Å²) in [5, 5.41) is 3.76. The van der Waals surface area contributed by atoms with Gasteiger partial charge in [-0.3, -0.25) is 0 Å². The van der Waals surface area contributed by atoms with Crippen molar-refractivity contribution in [1.29, 1.82) is 0 Å². The third-order valence-corrected chi connectivity index (χ3v) is 2.66. The summed E-state index contributed by atoms with van der Waals surface area (Å²) in [6, 6.07) is 6.30. The smallest absolute Gasteiger partial charge is 0.175 e. The molecule has 17 heavy (non-hydrogen) atoms. The van der Waals surface area contributed by atoms with Crippen molar-refractivity contribution in [3.63, 3.8) is 0 Å². The van der Waals surface area contributed by atoms with Gasteiger partial charge < -0.3 is 10.3 Å². The van der Waals surface area contributed by atoms with Crippen LogP contribution in [-0.2, 0) is 6.42 Å². The molecule has 0 spiro atoms. The summed E-state index contributed by atoms with van der Waals surface area (Å²) in [7, 11) is 0. The minimum absolute atomic E-state index is 0.287. The number of nitrogens with zero attached hydrogens (tertiary/aromatic N) is 1. The fraction of sp³-hybridized carbons (Fsp3) is 0.308. The highest BCUT2D eigenvalue weighted by atomic mass is 19.1. The Morgan fingerprint density at radius 1 is 1.41 bits per heavy atom. The van der Waals surface area contributed by atoms with E-state index in [1.165, 1.54) is 12.1 Å². The van der Waals surface area contributed by atoms with Gasteiger partial charge in [0.2, 0.25) is 0 Å².